The lowest BCUT2D eigenvalue weighted by Crippen LogP contribution is -2.30. The molecule has 2 aromatic carbocycles. The average molecular weight is 498 g/mol. The van der Waals surface area contributed by atoms with Gasteiger partial charge in [-0.1, -0.05) is 35.3 Å². The highest BCUT2D eigenvalue weighted by Gasteiger charge is 2.19. The highest BCUT2D eigenvalue weighted by Crippen LogP contribution is 2.26. The number of carbonyl (C=O) groups excluding carboxylic acids is 2. The largest absolute Gasteiger partial charge is 0.352 e. The standard InChI is InChI=1S/C22H25Cl2N3O4S/c23-19-5-1-4-16(21(19)24)11-15-32(30,31)26-18-9-7-17(8-10-18)22(29)25-12-3-14-27-13-2-6-20(27)28/h1,4-5,7-10,26H,2-3,6,11-15H2,(H,25,29). The van der Waals surface area contributed by atoms with Crippen molar-refractivity contribution in [3.63, 3.8) is 0 Å². The van der Waals surface area contributed by atoms with Gasteiger partial charge >= 0.3 is 0 Å². The molecular formula is C22H25Cl2N3O4S. The normalized spacial score (nSPS) is 13.9. The van der Waals surface area contributed by atoms with Crippen molar-refractivity contribution in [1.82, 2.24) is 10.2 Å². The maximum atomic E-state index is 12.4. The Bertz CT molecular complexity index is 1080. The first-order chi connectivity index (χ1) is 15.2. The van der Waals surface area contributed by atoms with E-state index in [1.807, 2.05) is 4.90 Å². The second-order valence-corrected chi connectivity index (χ2v) is 10.2. The molecule has 172 valence electrons. The number of likely N-dealkylation sites (tertiary alicyclic amines) is 1. The Morgan fingerprint density at radius 2 is 1.84 bits per heavy atom. The first-order valence-corrected chi connectivity index (χ1v) is 12.8. The number of halogens is 2. The number of nitrogens with one attached hydrogen (secondary N) is 2. The Labute approximate surface area is 198 Å². The van der Waals surface area contributed by atoms with Crippen LogP contribution in [0.15, 0.2) is 42.5 Å². The Balaban J connectivity index is 1.46. The van der Waals surface area contributed by atoms with Crippen LogP contribution in [-0.4, -0.2) is 50.5 Å². The molecule has 3 rings (SSSR count). The van der Waals surface area contributed by atoms with Gasteiger partial charge < -0.3 is 10.2 Å². The molecule has 0 radical (unpaired) electrons. The predicted octanol–water partition coefficient (Wildman–Crippen LogP) is 3.72. The maximum Gasteiger partial charge on any atom is 0.251 e. The van der Waals surface area contributed by atoms with Crippen molar-refractivity contribution in [3.05, 3.63) is 63.6 Å². The predicted molar refractivity (Wildman–Crippen MR) is 127 cm³/mol. The monoisotopic (exact) mass is 497 g/mol. The van der Waals surface area contributed by atoms with Crippen LogP contribution in [0.2, 0.25) is 10.0 Å². The molecule has 0 atom stereocenters. The van der Waals surface area contributed by atoms with Gasteiger partial charge in [-0.2, -0.15) is 0 Å². The molecule has 0 saturated carbocycles. The van der Waals surface area contributed by atoms with E-state index in [1.54, 1.807) is 42.5 Å². The maximum absolute atomic E-state index is 12.4. The molecule has 0 spiro atoms. The highest BCUT2D eigenvalue weighted by atomic mass is 35.5. The van der Waals surface area contributed by atoms with E-state index >= 15 is 0 Å². The third-order valence-electron chi connectivity index (χ3n) is 5.15. The van der Waals surface area contributed by atoms with Crippen LogP contribution in [0.4, 0.5) is 5.69 Å². The minimum Gasteiger partial charge on any atom is -0.352 e. The van der Waals surface area contributed by atoms with Gasteiger partial charge in [-0.15, -0.1) is 0 Å². The van der Waals surface area contributed by atoms with Crippen molar-refractivity contribution >= 4 is 50.7 Å². The quantitative estimate of drug-likeness (QED) is 0.488. The number of hydrogen-bond donors (Lipinski definition) is 2. The van der Waals surface area contributed by atoms with Crippen LogP contribution in [0.5, 0.6) is 0 Å². The molecule has 0 aromatic heterocycles. The Morgan fingerprint density at radius 3 is 2.53 bits per heavy atom. The Morgan fingerprint density at radius 1 is 1.09 bits per heavy atom. The summed E-state index contributed by atoms with van der Waals surface area (Å²) in [4.78, 5) is 25.7. The third-order valence-corrected chi connectivity index (χ3v) is 7.30. The third kappa shape index (κ3) is 6.85. The van der Waals surface area contributed by atoms with E-state index in [-0.39, 0.29) is 24.0 Å². The van der Waals surface area contributed by atoms with Gasteiger partial charge in [0.05, 0.1) is 15.8 Å². The molecule has 1 saturated heterocycles. The molecular weight excluding hydrogens is 473 g/mol. The molecule has 32 heavy (non-hydrogen) atoms. The second-order valence-electron chi connectivity index (χ2n) is 7.56. The van der Waals surface area contributed by atoms with E-state index in [0.717, 1.165) is 13.0 Å². The molecule has 0 aliphatic carbocycles. The number of aryl methyl sites for hydroxylation is 1. The summed E-state index contributed by atoms with van der Waals surface area (Å²) in [6.45, 7) is 1.89. The number of benzene rings is 2. The Kier molecular flexibility index (Phi) is 8.39. The minimum atomic E-state index is -3.61. The number of amides is 2. The lowest BCUT2D eigenvalue weighted by Gasteiger charge is -2.15. The van der Waals surface area contributed by atoms with E-state index in [2.05, 4.69) is 10.0 Å². The van der Waals surface area contributed by atoms with Gasteiger partial charge in [0.2, 0.25) is 15.9 Å². The molecule has 1 aliphatic heterocycles. The zero-order chi connectivity index (χ0) is 23.1. The van der Waals surface area contributed by atoms with Crippen molar-refractivity contribution in [3.8, 4) is 0 Å². The van der Waals surface area contributed by atoms with Gasteiger partial charge in [-0.25, -0.2) is 8.42 Å². The van der Waals surface area contributed by atoms with E-state index in [0.29, 0.717) is 52.8 Å². The van der Waals surface area contributed by atoms with Gasteiger partial charge in [0.15, 0.2) is 0 Å². The number of nitrogens with zero attached hydrogens (tertiary/aromatic N) is 1. The Hall–Kier alpha value is -2.29. The summed E-state index contributed by atoms with van der Waals surface area (Å²) in [6.07, 6.45) is 2.41. The number of carbonyl (C=O) groups is 2. The lowest BCUT2D eigenvalue weighted by molar-refractivity contribution is -0.127. The fourth-order valence-corrected chi connectivity index (χ4v) is 4.92. The number of anilines is 1. The summed E-state index contributed by atoms with van der Waals surface area (Å²) in [5.74, 6) is -0.234. The molecule has 2 amide bonds. The van der Waals surface area contributed by atoms with E-state index in [4.69, 9.17) is 23.2 Å². The fourth-order valence-electron chi connectivity index (χ4n) is 3.42. The topological polar surface area (TPSA) is 95.6 Å². The zero-order valence-electron chi connectivity index (χ0n) is 17.4. The van der Waals surface area contributed by atoms with Gasteiger partial charge in [0.25, 0.3) is 5.91 Å². The van der Waals surface area contributed by atoms with E-state index < -0.39 is 10.0 Å². The summed E-state index contributed by atoms with van der Waals surface area (Å²) in [5.41, 5.74) is 1.45. The average Bonchev–Trinajstić information content (AvgIpc) is 3.17. The molecule has 1 aliphatic rings. The van der Waals surface area contributed by atoms with Crippen molar-refractivity contribution in [1.29, 1.82) is 0 Å². The number of hydrogen-bond acceptors (Lipinski definition) is 4. The van der Waals surface area contributed by atoms with Gasteiger partial charge in [-0.05, 0) is 55.2 Å². The molecule has 0 unspecified atom stereocenters. The molecule has 2 N–H and O–H groups in total. The van der Waals surface area contributed by atoms with Gasteiger partial charge in [0.1, 0.15) is 0 Å². The smallest absolute Gasteiger partial charge is 0.251 e. The van der Waals surface area contributed by atoms with Crippen LogP contribution < -0.4 is 10.0 Å². The molecule has 7 nitrogen and oxygen atoms in total. The van der Waals surface area contributed by atoms with Crippen LogP contribution in [-0.2, 0) is 21.2 Å². The summed E-state index contributed by atoms with van der Waals surface area (Å²) in [5, 5.41) is 3.55. The fraction of sp³-hybridized carbons (Fsp3) is 0.364. The molecule has 10 heteroatoms. The van der Waals surface area contributed by atoms with E-state index in [9.17, 15) is 18.0 Å². The SMILES string of the molecule is O=C(NCCCN1CCCC1=O)c1ccc(NS(=O)(=O)CCc2cccc(Cl)c2Cl)cc1. The molecule has 1 heterocycles. The van der Waals surface area contributed by atoms with Gasteiger partial charge in [-0.3, -0.25) is 14.3 Å². The van der Waals surface area contributed by atoms with Crippen LogP contribution in [0, 0.1) is 0 Å². The summed E-state index contributed by atoms with van der Waals surface area (Å²) < 4.78 is 27.3. The van der Waals surface area contributed by atoms with Crippen molar-refractivity contribution in [2.24, 2.45) is 0 Å². The number of rotatable bonds is 10. The molecule has 0 bridgehead atoms. The van der Waals surface area contributed by atoms with E-state index in [1.165, 1.54) is 0 Å². The first kappa shape index (κ1) is 24.4. The van der Waals surface area contributed by atoms with Crippen LogP contribution in [0.1, 0.15) is 35.2 Å². The van der Waals surface area contributed by atoms with Crippen LogP contribution >= 0.6 is 23.2 Å². The summed E-state index contributed by atoms with van der Waals surface area (Å²) in [7, 11) is -3.61. The molecule has 1 fully saturated rings. The lowest BCUT2D eigenvalue weighted by atomic mass is 10.2. The van der Waals surface area contributed by atoms with Crippen LogP contribution in [0.25, 0.3) is 0 Å². The summed E-state index contributed by atoms with van der Waals surface area (Å²) in [6, 6.07) is 11.3. The van der Waals surface area contributed by atoms with Crippen molar-refractivity contribution in [2.75, 3.05) is 30.1 Å². The van der Waals surface area contributed by atoms with Crippen molar-refractivity contribution < 1.29 is 18.0 Å². The highest BCUT2D eigenvalue weighted by molar-refractivity contribution is 7.92. The van der Waals surface area contributed by atoms with Crippen LogP contribution in [0.3, 0.4) is 0 Å². The minimum absolute atomic E-state index is 0.158. The number of sulfonamides is 1. The zero-order valence-corrected chi connectivity index (χ0v) is 19.8. The van der Waals surface area contributed by atoms with Gasteiger partial charge in [0, 0.05) is 37.3 Å². The summed E-state index contributed by atoms with van der Waals surface area (Å²) >= 11 is 12.1. The second kappa shape index (κ2) is 11.0. The first-order valence-electron chi connectivity index (χ1n) is 10.3. The van der Waals surface area contributed by atoms with Crippen molar-refractivity contribution in [2.45, 2.75) is 25.7 Å². The molecule has 2 aromatic rings.